The van der Waals surface area contributed by atoms with E-state index in [2.05, 4.69) is 144 Å². The Balaban J connectivity index is 1.23. The molecule has 0 saturated carbocycles. The molecule has 2 nitrogen and oxygen atoms in total. The Morgan fingerprint density at radius 2 is 0.977 bits per heavy atom. The highest BCUT2D eigenvalue weighted by Gasteiger charge is 2.15. The van der Waals surface area contributed by atoms with Gasteiger partial charge in [0.2, 0.25) is 0 Å². The molecule has 0 saturated heterocycles. The van der Waals surface area contributed by atoms with E-state index in [1.54, 1.807) is 0 Å². The number of hydrogen-bond donors (Lipinski definition) is 0. The highest BCUT2D eigenvalue weighted by Crippen LogP contribution is 2.39. The van der Waals surface area contributed by atoms with E-state index in [0.717, 1.165) is 21.9 Å². The molecule has 2 aromatic heterocycles. The molecule has 0 aliphatic carbocycles. The van der Waals surface area contributed by atoms with Gasteiger partial charge in [-0.15, -0.1) is 0 Å². The maximum Gasteiger partial charge on any atom is 0.135 e. The third-order valence-corrected chi connectivity index (χ3v) is 9.32. The van der Waals surface area contributed by atoms with E-state index < -0.39 is 0 Å². The van der Waals surface area contributed by atoms with E-state index in [4.69, 9.17) is 4.42 Å². The van der Waals surface area contributed by atoms with Crippen LogP contribution >= 0.6 is 0 Å². The molecule has 8 aromatic carbocycles. The van der Waals surface area contributed by atoms with Crippen LogP contribution < -0.4 is 0 Å². The number of hydrogen-bond acceptors (Lipinski definition) is 1. The molecule has 0 radical (unpaired) electrons. The predicted octanol–water partition coefficient (Wildman–Crippen LogP) is 11.8. The van der Waals surface area contributed by atoms with E-state index >= 15 is 0 Å². The summed E-state index contributed by atoms with van der Waals surface area (Å²) in [7, 11) is 0. The van der Waals surface area contributed by atoms with Gasteiger partial charge in [-0.05, 0) is 98.7 Å². The molecule has 0 unspecified atom stereocenters. The average molecular weight is 560 g/mol. The fourth-order valence-electron chi connectivity index (χ4n) is 7.31. The minimum absolute atomic E-state index is 0.921. The second-order valence-electron chi connectivity index (χ2n) is 11.8. The smallest absolute Gasteiger partial charge is 0.135 e. The lowest BCUT2D eigenvalue weighted by atomic mass is 9.93. The van der Waals surface area contributed by atoms with E-state index in [9.17, 15) is 0 Å². The first kappa shape index (κ1) is 23.7. The number of furan rings is 1. The summed E-state index contributed by atoms with van der Waals surface area (Å²) < 4.78 is 8.55. The zero-order chi connectivity index (χ0) is 28.8. The average Bonchev–Trinajstić information content (AvgIpc) is 3.61. The van der Waals surface area contributed by atoms with Crippen molar-refractivity contribution in [2.75, 3.05) is 0 Å². The largest absolute Gasteiger partial charge is 0.456 e. The molecular formula is C42H25NO. The molecule has 0 N–H and O–H groups in total. The van der Waals surface area contributed by atoms with Crippen molar-refractivity contribution in [3.05, 3.63) is 152 Å². The summed E-state index contributed by atoms with van der Waals surface area (Å²) in [5.41, 5.74) is 7.92. The lowest BCUT2D eigenvalue weighted by molar-refractivity contribution is 0.669. The quantitative estimate of drug-likeness (QED) is 0.193. The number of aromatic nitrogens is 1. The maximum absolute atomic E-state index is 6.12. The van der Waals surface area contributed by atoms with E-state index in [0.29, 0.717) is 0 Å². The maximum atomic E-state index is 6.12. The molecule has 2 heteroatoms. The summed E-state index contributed by atoms with van der Waals surface area (Å²) in [6, 6.07) is 55.0. The zero-order valence-corrected chi connectivity index (χ0v) is 23.8. The van der Waals surface area contributed by atoms with Gasteiger partial charge < -0.3 is 8.98 Å². The molecule has 10 rings (SSSR count). The number of fused-ring (bicyclic) bond motifs is 9. The fraction of sp³-hybridized carbons (Fsp3) is 0. The van der Waals surface area contributed by atoms with Crippen molar-refractivity contribution in [2.24, 2.45) is 0 Å². The van der Waals surface area contributed by atoms with Crippen molar-refractivity contribution >= 4 is 76.1 Å². The van der Waals surface area contributed by atoms with Crippen molar-refractivity contribution in [3.63, 3.8) is 0 Å². The second kappa shape index (κ2) is 8.82. The number of benzene rings is 8. The van der Waals surface area contributed by atoms with Gasteiger partial charge in [0.05, 0.1) is 16.7 Å². The molecular weight excluding hydrogens is 534 g/mol. The molecule has 10 aromatic rings. The Kier molecular flexibility index (Phi) is 4.75. The molecule has 0 atom stereocenters. The van der Waals surface area contributed by atoms with Crippen molar-refractivity contribution in [1.82, 2.24) is 4.57 Å². The lowest BCUT2D eigenvalue weighted by Gasteiger charge is -2.14. The van der Waals surface area contributed by atoms with Gasteiger partial charge >= 0.3 is 0 Å². The molecule has 204 valence electrons. The van der Waals surface area contributed by atoms with Crippen LogP contribution in [0, 0.1) is 0 Å². The molecule has 44 heavy (non-hydrogen) atoms. The predicted molar refractivity (Wildman–Crippen MR) is 186 cm³/mol. The highest BCUT2D eigenvalue weighted by atomic mass is 16.3. The summed E-state index contributed by atoms with van der Waals surface area (Å²) in [6.45, 7) is 0. The van der Waals surface area contributed by atoms with Crippen LogP contribution in [-0.2, 0) is 0 Å². The zero-order valence-electron chi connectivity index (χ0n) is 23.8. The fourth-order valence-corrected chi connectivity index (χ4v) is 7.31. The van der Waals surface area contributed by atoms with Crippen LogP contribution in [0.3, 0.4) is 0 Å². The van der Waals surface area contributed by atoms with E-state index in [1.807, 2.05) is 12.1 Å². The lowest BCUT2D eigenvalue weighted by Crippen LogP contribution is -1.95. The van der Waals surface area contributed by atoms with Gasteiger partial charge in [-0.2, -0.15) is 0 Å². The van der Waals surface area contributed by atoms with E-state index in [-0.39, 0.29) is 0 Å². The standard InChI is InChI=1S/C42H25NO/c1-4-15-38-32(11-1)33-12-2-5-16-39(33)43(38)40-17-8-10-27-22-29-21-26-9-7-14-31(35(26)24-30(29)25-36(27)40)28-19-20-42-37(23-28)34-13-3-6-18-41(34)44-42/h1-25H. The second-order valence-corrected chi connectivity index (χ2v) is 11.8. The number of nitrogens with zero attached hydrogens (tertiary/aromatic N) is 1. The normalized spacial score (nSPS) is 12.1. The molecule has 2 heterocycles. The van der Waals surface area contributed by atoms with Crippen LogP contribution in [0.2, 0.25) is 0 Å². The first-order chi connectivity index (χ1) is 21.8. The first-order valence-corrected chi connectivity index (χ1v) is 15.1. The highest BCUT2D eigenvalue weighted by molar-refractivity contribution is 6.14. The van der Waals surface area contributed by atoms with Crippen molar-refractivity contribution in [2.45, 2.75) is 0 Å². The number of para-hydroxylation sites is 3. The van der Waals surface area contributed by atoms with Crippen LogP contribution in [0.25, 0.3) is 92.9 Å². The van der Waals surface area contributed by atoms with Crippen molar-refractivity contribution in [3.8, 4) is 16.8 Å². The SMILES string of the molecule is c1cc(-c2ccc3oc4ccccc4c3c2)c2cc3cc4c(-n5c6ccccc6c6ccccc65)cccc4cc3cc2c1. The monoisotopic (exact) mass is 559 g/mol. The first-order valence-electron chi connectivity index (χ1n) is 15.1. The third kappa shape index (κ3) is 3.31. The summed E-state index contributed by atoms with van der Waals surface area (Å²) in [6.07, 6.45) is 0. The van der Waals surface area contributed by atoms with Crippen LogP contribution in [0.4, 0.5) is 0 Å². The Morgan fingerprint density at radius 3 is 1.77 bits per heavy atom. The molecule has 0 amide bonds. The third-order valence-electron chi connectivity index (χ3n) is 9.32. The molecule has 0 fully saturated rings. The molecule has 0 aliphatic rings. The molecule has 0 aliphatic heterocycles. The van der Waals surface area contributed by atoms with Gasteiger partial charge in [-0.1, -0.05) is 91.0 Å². The van der Waals surface area contributed by atoms with Crippen LogP contribution in [0.1, 0.15) is 0 Å². The Morgan fingerprint density at radius 1 is 0.364 bits per heavy atom. The summed E-state index contributed by atoms with van der Waals surface area (Å²) in [5, 5.41) is 12.3. The Hall–Kier alpha value is -5.86. The molecule has 0 spiro atoms. The van der Waals surface area contributed by atoms with Crippen LogP contribution in [-0.4, -0.2) is 4.57 Å². The summed E-state index contributed by atoms with van der Waals surface area (Å²) in [4.78, 5) is 0. The van der Waals surface area contributed by atoms with Crippen LogP contribution in [0.5, 0.6) is 0 Å². The van der Waals surface area contributed by atoms with Crippen molar-refractivity contribution < 1.29 is 4.42 Å². The summed E-state index contributed by atoms with van der Waals surface area (Å²) >= 11 is 0. The number of rotatable bonds is 2. The minimum atomic E-state index is 0.921. The Bertz CT molecular complexity index is 2720. The topological polar surface area (TPSA) is 18.1 Å². The summed E-state index contributed by atoms with van der Waals surface area (Å²) in [5.74, 6) is 0. The van der Waals surface area contributed by atoms with Gasteiger partial charge in [-0.3, -0.25) is 0 Å². The van der Waals surface area contributed by atoms with E-state index in [1.165, 1.54) is 70.9 Å². The van der Waals surface area contributed by atoms with Gasteiger partial charge in [0.15, 0.2) is 0 Å². The van der Waals surface area contributed by atoms with Crippen LogP contribution in [0.15, 0.2) is 156 Å². The molecule has 0 bridgehead atoms. The van der Waals surface area contributed by atoms with Gasteiger partial charge in [0.1, 0.15) is 11.2 Å². The van der Waals surface area contributed by atoms with Gasteiger partial charge in [0, 0.05) is 26.9 Å². The van der Waals surface area contributed by atoms with Crippen molar-refractivity contribution in [1.29, 1.82) is 0 Å². The Labute approximate surface area is 253 Å². The minimum Gasteiger partial charge on any atom is -0.456 e. The van der Waals surface area contributed by atoms with Gasteiger partial charge in [-0.25, -0.2) is 0 Å². The van der Waals surface area contributed by atoms with Gasteiger partial charge in [0.25, 0.3) is 0 Å².